The van der Waals surface area contributed by atoms with Crippen LogP contribution in [0.3, 0.4) is 0 Å². The van der Waals surface area contributed by atoms with Crippen molar-refractivity contribution in [2.45, 2.75) is 104 Å². The number of amides is 4. The lowest BCUT2D eigenvalue weighted by Crippen LogP contribution is -2.41. The molecule has 0 spiro atoms. The Morgan fingerprint density at radius 1 is 0.756 bits per heavy atom. The molecule has 0 aliphatic rings. The van der Waals surface area contributed by atoms with Crippen LogP contribution in [0.1, 0.15) is 82.1 Å². The molecule has 0 radical (unpaired) electrons. The summed E-state index contributed by atoms with van der Waals surface area (Å²) in [6.45, 7) is 16.9. The first-order chi connectivity index (χ1) is 20.6. The van der Waals surface area contributed by atoms with E-state index in [0.717, 1.165) is 11.8 Å². The number of fused-ring (bicyclic) bond motifs is 1. The maximum Gasteiger partial charge on any atom is 0.437 e. The molecule has 0 saturated heterocycles. The van der Waals surface area contributed by atoms with Gasteiger partial charge >= 0.3 is 24.4 Å². The zero-order valence-electron chi connectivity index (χ0n) is 27.6. The summed E-state index contributed by atoms with van der Waals surface area (Å²) in [5.41, 5.74) is -2.63. The summed E-state index contributed by atoms with van der Waals surface area (Å²) in [7, 11) is 0. The number of ether oxygens (including phenoxy) is 4. The van der Waals surface area contributed by atoms with Gasteiger partial charge in [-0.15, -0.1) is 10.1 Å². The number of aromatic nitrogens is 3. The predicted octanol–water partition coefficient (Wildman–Crippen LogP) is 6.01. The summed E-state index contributed by atoms with van der Waals surface area (Å²) in [4.78, 5) is 57.9. The van der Waals surface area contributed by atoms with Crippen molar-refractivity contribution >= 4 is 58.3 Å². The van der Waals surface area contributed by atoms with E-state index in [0.29, 0.717) is 11.0 Å². The number of alkyl carbamates (subject to hydrolysis) is 2. The van der Waals surface area contributed by atoms with Gasteiger partial charge in [-0.3, -0.25) is 10.6 Å². The van der Waals surface area contributed by atoms with E-state index in [4.69, 9.17) is 18.9 Å². The molecule has 0 atom stereocenters. The van der Waals surface area contributed by atoms with E-state index in [-0.39, 0.29) is 24.0 Å². The van der Waals surface area contributed by atoms with Gasteiger partial charge in [-0.1, -0.05) is 29.1 Å². The summed E-state index contributed by atoms with van der Waals surface area (Å²) in [5.74, 6) is -0.268. The van der Waals surface area contributed by atoms with Gasteiger partial charge in [0, 0.05) is 0 Å². The average molecular weight is 650 g/mol. The van der Waals surface area contributed by atoms with Gasteiger partial charge in [0.2, 0.25) is 5.96 Å². The number of amidine groups is 1. The highest BCUT2D eigenvalue weighted by atomic mass is 32.2. The Balaban J connectivity index is 2.11. The highest BCUT2D eigenvalue weighted by Crippen LogP contribution is 2.26. The van der Waals surface area contributed by atoms with Crippen LogP contribution in [0.15, 0.2) is 34.3 Å². The summed E-state index contributed by atoms with van der Waals surface area (Å²) in [5, 5.41) is 12.9. The molecule has 0 unspecified atom stereocenters. The number of hydrogen-bond donors (Lipinski definition) is 2. The van der Waals surface area contributed by atoms with Crippen molar-refractivity contribution in [1.29, 1.82) is 0 Å². The molecule has 1 aromatic carbocycles. The molecule has 4 amide bonds. The smallest absolute Gasteiger partial charge is 0.437 e. The molecule has 2 N–H and O–H groups in total. The largest absolute Gasteiger partial charge is 0.444 e. The normalized spacial score (nSPS) is 13.2. The molecule has 0 saturated carbocycles. The standard InChI is InChI=1S/C29H43N7O8S/c1-26(2,3)41-22(37)30-20(36-19-15-13-12-14-18(19)34-35-36)31-23(38)43-28(7,8)16-17-29(9,10)44-25(40)33-21(45-11)32-24(39)42-27(4,5)6/h12-15H,16-17H2,1-11H3,(H,30,31,37,38)(H,32,33,39,40). The topological polar surface area (TPSA) is 185 Å². The van der Waals surface area contributed by atoms with E-state index in [2.05, 4.69) is 30.9 Å². The van der Waals surface area contributed by atoms with Crippen molar-refractivity contribution in [3.05, 3.63) is 24.3 Å². The maximum atomic E-state index is 13.0. The molecule has 16 heteroatoms. The summed E-state index contributed by atoms with van der Waals surface area (Å²) in [6, 6.07) is 6.92. The van der Waals surface area contributed by atoms with Crippen LogP contribution < -0.4 is 10.6 Å². The predicted molar refractivity (Wildman–Crippen MR) is 170 cm³/mol. The fourth-order valence-electron chi connectivity index (χ4n) is 3.46. The van der Waals surface area contributed by atoms with Crippen molar-refractivity contribution in [1.82, 2.24) is 25.6 Å². The minimum Gasteiger partial charge on any atom is -0.444 e. The number of para-hydroxylation sites is 1. The second-order valence-corrected chi connectivity index (χ2v) is 13.9. The van der Waals surface area contributed by atoms with Gasteiger partial charge < -0.3 is 18.9 Å². The Morgan fingerprint density at radius 2 is 1.24 bits per heavy atom. The number of nitrogens with zero attached hydrogens (tertiary/aromatic N) is 5. The highest BCUT2D eigenvalue weighted by Gasteiger charge is 2.31. The van der Waals surface area contributed by atoms with E-state index in [1.165, 1.54) is 4.68 Å². The quantitative estimate of drug-likeness (QED) is 0.219. The SMILES string of the molecule is CS/C(=N\C(=O)OC(C)(C)CCC(C)(C)OC(=O)/N=C(\NC(=O)OC(C)(C)C)n1nnc2ccccc21)NC(=O)OC(C)(C)C. The van der Waals surface area contributed by atoms with Crippen LogP contribution in [0.4, 0.5) is 19.2 Å². The molecular formula is C29H43N7O8S. The third-order valence-corrected chi connectivity index (χ3v) is 5.99. The lowest BCUT2D eigenvalue weighted by Gasteiger charge is -2.30. The van der Waals surface area contributed by atoms with Crippen LogP contribution in [0.2, 0.25) is 0 Å². The number of hydrogen-bond acceptors (Lipinski definition) is 11. The van der Waals surface area contributed by atoms with Crippen LogP contribution in [0, 0.1) is 0 Å². The number of benzene rings is 1. The Bertz CT molecular complexity index is 1450. The van der Waals surface area contributed by atoms with Gasteiger partial charge in [-0.05, 0) is 100 Å². The van der Waals surface area contributed by atoms with E-state index in [1.807, 2.05) is 0 Å². The lowest BCUT2D eigenvalue weighted by atomic mass is 9.94. The van der Waals surface area contributed by atoms with Crippen LogP contribution in [0.25, 0.3) is 11.0 Å². The molecule has 0 bridgehead atoms. The van der Waals surface area contributed by atoms with Gasteiger partial charge in [0.05, 0.1) is 5.52 Å². The van der Waals surface area contributed by atoms with Crippen molar-refractivity contribution < 1.29 is 38.1 Å². The molecule has 2 rings (SSSR count). The molecule has 1 aromatic heterocycles. The highest BCUT2D eigenvalue weighted by molar-refractivity contribution is 8.13. The minimum absolute atomic E-state index is 0.00753. The number of thioether (sulfide) groups is 1. The van der Waals surface area contributed by atoms with Gasteiger partial charge in [0.15, 0.2) is 5.17 Å². The van der Waals surface area contributed by atoms with Gasteiger partial charge in [-0.2, -0.15) is 9.67 Å². The van der Waals surface area contributed by atoms with E-state index >= 15 is 0 Å². The van der Waals surface area contributed by atoms with E-state index in [9.17, 15) is 19.2 Å². The van der Waals surface area contributed by atoms with E-state index in [1.54, 1.807) is 99.8 Å². The molecule has 0 aliphatic heterocycles. The molecule has 45 heavy (non-hydrogen) atoms. The van der Waals surface area contributed by atoms with Crippen LogP contribution in [-0.2, 0) is 18.9 Å². The Hall–Kier alpha value is -4.21. The molecule has 2 aromatic rings. The second-order valence-electron chi connectivity index (χ2n) is 13.1. The van der Waals surface area contributed by atoms with Crippen LogP contribution >= 0.6 is 11.8 Å². The molecule has 0 fully saturated rings. The second kappa shape index (κ2) is 14.7. The summed E-state index contributed by atoms with van der Waals surface area (Å²) < 4.78 is 22.8. The van der Waals surface area contributed by atoms with Crippen molar-refractivity contribution in [3.63, 3.8) is 0 Å². The molecule has 248 valence electrons. The maximum absolute atomic E-state index is 13.0. The number of aliphatic imine (C=N–C) groups is 2. The number of nitrogens with one attached hydrogen (secondary N) is 2. The van der Waals surface area contributed by atoms with Crippen molar-refractivity contribution in [2.24, 2.45) is 9.98 Å². The fourth-order valence-corrected chi connectivity index (χ4v) is 3.81. The van der Waals surface area contributed by atoms with Gasteiger partial charge in [-0.25, -0.2) is 19.2 Å². The zero-order chi connectivity index (χ0) is 34.2. The first-order valence-corrected chi connectivity index (χ1v) is 15.3. The number of carbonyl (C=O) groups excluding carboxylic acids is 4. The monoisotopic (exact) mass is 649 g/mol. The molecule has 0 aliphatic carbocycles. The third-order valence-electron chi connectivity index (χ3n) is 5.41. The van der Waals surface area contributed by atoms with Gasteiger partial charge in [0.1, 0.15) is 27.9 Å². The van der Waals surface area contributed by atoms with Crippen LogP contribution in [0.5, 0.6) is 0 Å². The van der Waals surface area contributed by atoms with Crippen LogP contribution in [-0.4, -0.2) is 79.2 Å². The fraction of sp³-hybridized carbons (Fsp3) is 0.586. The lowest BCUT2D eigenvalue weighted by molar-refractivity contribution is -0.00261. The van der Waals surface area contributed by atoms with Gasteiger partial charge in [0.25, 0.3) is 0 Å². The Kier molecular flexibility index (Phi) is 12.1. The average Bonchev–Trinajstić information content (AvgIpc) is 3.28. The third kappa shape index (κ3) is 13.5. The molecule has 15 nitrogen and oxygen atoms in total. The number of rotatable bonds is 5. The van der Waals surface area contributed by atoms with Crippen molar-refractivity contribution in [3.8, 4) is 0 Å². The Morgan fingerprint density at radius 3 is 1.76 bits per heavy atom. The summed E-state index contributed by atoms with van der Waals surface area (Å²) >= 11 is 1.04. The van der Waals surface area contributed by atoms with Crippen molar-refractivity contribution in [2.75, 3.05) is 6.26 Å². The zero-order valence-corrected chi connectivity index (χ0v) is 28.5. The summed E-state index contributed by atoms with van der Waals surface area (Å²) in [6.07, 6.45) is -1.39. The first-order valence-electron chi connectivity index (χ1n) is 14.1. The van der Waals surface area contributed by atoms with E-state index < -0.39 is 46.8 Å². The molecular weight excluding hydrogens is 606 g/mol. The minimum atomic E-state index is -1.07. The number of carbonyl (C=O) groups is 4. The first kappa shape index (κ1) is 37.0. The molecule has 1 heterocycles. The Labute approximate surface area is 266 Å².